The fourth-order valence-corrected chi connectivity index (χ4v) is 23.1. The molecule has 0 saturated heterocycles. The van der Waals surface area contributed by atoms with Gasteiger partial charge in [-0.05, 0) is 252 Å². The Morgan fingerprint density at radius 1 is 0.708 bits per heavy atom. The molecular weight excluding hydrogens is 1120 g/mol. The predicted octanol–water partition coefficient (Wildman–Crippen LogP) is 11.2. The molecular formula is C74H104N4O11. The van der Waals surface area contributed by atoms with Crippen molar-refractivity contribution in [3.8, 4) is 11.4 Å². The standard InChI is InChI=1S/C74H104N4O11/c1-8-74(58-36-61-66-44(33-43-13-9-10-14-59(43)77-66)39-78(61)67(85)51(58)40-88-69(74)87)89-68(86)60(76-65(84)27-17-42(3)53-23-25-55-50-21-19-46-35-48(80)29-31-71(46,5)57(50)38-63(82)73(53,55)7)15-11-12-32-75-64(83)26-16-41(2)52-22-24-54-49-20-18-45-34-47(79)28-30-70(45,4)56(49)37-62(81)72(52,54)6/h9-10,13-14,33,36,41-42,45-50,52-57,60,62-63,79-82H,8,11-12,15-32,34-35,37-40H2,1-7H3,(H,75,83)(H,76,84)/t41-,42-,45?,46?,47-,48-,49?,50?,52?,53?,54?,55?,56?,57?,60?,62+,63+,70+,71+,72-,73-,74+/m1/s1. The van der Waals surface area contributed by atoms with Crippen LogP contribution in [0.25, 0.3) is 22.3 Å². The highest BCUT2D eigenvalue weighted by atomic mass is 16.6. The molecule has 13 rings (SSSR count). The van der Waals surface area contributed by atoms with Crippen LogP contribution < -0.4 is 16.2 Å². The Kier molecular flexibility index (Phi) is 17.0. The zero-order valence-corrected chi connectivity index (χ0v) is 54.4. The number of ether oxygens (including phenoxy) is 2. The van der Waals surface area contributed by atoms with Crippen molar-refractivity contribution in [1.82, 2.24) is 20.2 Å². The van der Waals surface area contributed by atoms with Crippen LogP contribution in [0.2, 0.25) is 0 Å². The van der Waals surface area contributed by atoms with Gasteiger partial charge in [-0.1, -0.05) is 66.7 Å². The Morgan fingerprint density at radius 2 is 1.29 bits per heavy atom. The summed E-state index contributed by atoms with van der Waals surface area (Å²) >= 11 is 0. The maximum Gasteiger partial charge on any atom is 0.355 e. The van der Waals surface area contributed by atoms with Crippen LogP contribution in [0, 0.1) is 92.7 Å². The van der Waals surface area contributed by atoms with Gasteiger partial charge in [-0.25, -0.2) is 14.6 Å². The molecule has 8 fully saturated rings. The lowest BCUT2D eigenvalue weighted by Gasteiger charge is -2.62. The number of hydrogen-bond donors (Lipinski definition) is 6. The fourth-order valence-electron chi connectivity index (χ4n) is 23.1. The van der Waals surface area contributed by atoms with Crippen molar-refractivity contribution in [2.75, 3.05) is 6.54 Å². The third kappa shape index (κ3) is 10.5. The minimum Gasteiger partial charge on any atom is -0.457 e. The molecule has 0 bridgehead atoms. The van der Waals surface area contributed by atoms with Crippen molar-refractivity contribution in [1.29, 1.82) is 0 Å². The zero-order chi connectivity index (χ0) is 62.7. The molecule has 2 aromatic heterocycles. The van der Waals surface area contributed by atoms with Gasteiger partial charge in [0, 0.05) is 35.9 Å². The maximum absolute atomic E-state index is 15.0. The number of benzene rings is 1. The summed E-state index contributed by atoms with van der Waals surface area (Å²) in [5.74, 6) is 2.97. The predicted molar refractivity (Wildman–Crippen MR) is 339 cm³/mol. The van der Waals surface area contributed by atoms with E-state index in [9.17, 15) is 44.4 Å². The Morgan fingerprint density at radius 3 is 1.89 bits per heavy atom. The number of fused-ring (bicyclic) bond motifs is 15. The second-order valence-electron chi connectivity index (χ2n) is 32.0. The van der Waals surface area contributed by atoms with Crippen molar-refractivity contribution < 1.29 is 49.1 Å². The number of carbonyl (C=O) groups excluding carboxylic acids is 4. The fraction of sp³-hybridized carbons (Fsp3) is 0.757. The molecule has 22 atom stereocenters. The van der Waals surface area contributed by atoms with E-state index in [2.05, 4.69) is 52.2 Å². The van der Waals surface area contributed by atoms with Crippen LogP contribution in [0.15, 0.2) is 41.2 Å². The molecule has 11 unspecified atom stereocenters. The molecule has 89 heavy (non-hydrogen) atoms. The molecule has 0 spiro atoms. The number of carbonyl (C=O) groups is 4. The molecule has 8 aliphatic carbocycles. The Hall–Kier alpha value is -4.70. The summed E-state index contributed by atoms with van der Waals surface area (Å²) in [5.41, 5.74) is 0.816. The first-order chi connectivity index (χ1) is 42.5. The highest BCUT2D eigenvalue weighted by Gasteiger charge is 2.66. The molecule has 15 heteroatoms. The SMILES string of the molecule is CC[C@@]1(OC(=O)C(CCCCNC(=O)CC[C@@H](C)C2CCC3C4CCC5C[C@H](O)CC[C@]5(C)C4C[C@H](O)[C@@]32C)NC(=O)CC[C@@H](C)C2CCC3C4CCC5C[C@H](O)CC[C@]5(C)C4C[C@H](O)[C@@]32C)C(=O)OCc2c1cc1n(c2=O)Cc2cc3ccccc3nc2-1. The molecule has 8 saturated carbocycles. The van der Waals surface area contributed by atoms with E-state index < -0.39 is 29.7 Å². The van der Waals surface area contributed by atoms with Crippen molar-refractivity contribution >= 4 is 34.7 Å². The first-order valence-corrected chi connectivity index (χ1v) is 35.4. The van der Waals surface area contributed by atoms with Crippen LogP contribution >= 0.6 is 0 Å². The summed E-state index contributed by atoms with van der Waals surface area (Å²) in [5, 5.41) is 52.8. The number of pyridine rings is 2. The highest BCUT2D eigenvalue weighted by molar-refractivity contribution is 5.91. The summed E-state index contributed by atoms with van der Waals surface area (Å²) in [6.45, 7) is 16.2. The number of nitrogens with one attached hydrogen (secondary N) is 2. The lowest BCUT2D eigenvalue weighted by molar-refractivity contribution is -0.191. The van der Waals surface area contributed by atoms with Gasteiger partial charge < -0.3 is 45.1 Å². The Labute approximate surface area is 527 Å². The molecule has 10 aliphatic rings. The average molecular weight is 1230 g/mol. The summed E-state index contributed by atoms with van der Waals surface area (Å²) in [6.07, 6.45) is 17.7. The second kappa shape index (κ2) is 24.0. The quantitative estimate of drug-likeness (QED) is 0.0429. The smallest absolute Gasteiger partial charge is 0.355 e. The molecule has 2 amide bonds. The molecule has 0 radical (unpaired) electrons. The normalized spacial score (nSPS) is 40.1. The molecule has 486 valence electrons. The summed E-state index contributed by atoms with van der Waals surface area (Å²) in [4.78, 5) is 76.7. The van der Waals surface area contributed by atoms with Crippen LogP contribution in [0.1, 0.15) is 219 Å². The van der Waals surface area contributed by atoms with Gasteiger partial charge in [-0.15, -0.1) is 0 Å². The third-order valence-corrected chi connectivity index (χ3v) is 28.2. The van der Waals surface area contributed by atoms with E-state index in [0.717, 1.165) is 113 Å². The number of esters is 2. The van der Waals surface area contributed by atoms with Crippen molar-refractivity contribution in [2.24, 2.45) is 92.7 Å². The summed E-state index contributed by atoms with van der Waals surface area (Å²) in [7, 11) is 0. The number of amides is 2. The van der Waals surface area contributed by atoms with Crippen LogP contribution in [0.5, 0.6) is 0 Å². The monoisotopic (exact) mass is 1220 g/mol. The number of aliphatic hydroxyl groups is 4. The molecule has 4 heterocycles. The number of nitrogens with zero attached hydrogens (tertiary/aromatic N) is 2. The van der Waals surface area contributed by atoms with Gasteiger partial charge in [0.15, 0.2) is 0 Å². The van der Waals surface area contributed by atoms with Gasteiger partial charge in [0.2, 0.25) is 17.4 Å². The highest BCUT2D eigenvalue weighted by Crippen LogP contribution is 2.70. The van der Waals surface area contributed by atoms with Crippen LogP contribution in [0.4, 0.5) is 0 Å². The molecule has 2 aliphatic heterocycles. The first kappa shape index (κ1) is 63.1. The van der Waals surface area contributed by atoms with Gasteiger partial charge in [-0.3, -0.25) is 14.4 Å². The van der Waals surface area contributed by atoms with Crippen molar-refractivity contribution in [2.45, 2.75) is 252 Å². The third-order valence-electron chi connectivity index (χ3n) is 28.2. The number of aromatic nitrogens is 2. The molecule has 1 aromatic carbocycles. The van der Waals surface area contributed by atoms with Crippen molar-refractivity contribution in [3.05, 3.63) is 63.4 Å². The number of unbranched alkanes of at least 4 members (excludes halogenated alkanes) is 1. The van der Waals surface area contributed by atoms with E-state index in [1.807, 2.05) is 30.3 Å². The van der Waals surface area contributed by atoms with E-state index in [1.165, 1.54) is 12.8 Å². The maximum atomic E-state index is 15.0. The van der Waals surface area contributed by atoms with E-state index in [4.69, 9.17) is 14.5 Å². The van der Waals surface area contributed by atoms with Gasteiger partial charge >= 0.3 is 11.9 Å². The number of hydrogen-bond acceptors (Lipinski definition) is 12. The number of para-hydroxylation sites is 1. The minimum absolute atomic E-state index is 0.0275. The van der Waals surface area contributed by atoms with E-state index in [-0.39, 0.29) is 112 Å². The molecule has 3 aromatic rings. The summed E-state index contributed by atoms with van der Waals surface area (Å²) < 4.78 is 13.8. The largest absolute Gasteiger partial charge is 0.457 e. The minimum atomic E-state index is -1.97. The van der Waals surface area contributed by atoms with Crippen LogP contribution in [-0.2, 0) is 47.4 Å². The summed E-state index contributed by atoms with van der Waals surface area (Å²) in [6, 6.07) is 10.4. The zero-order valence-electron chi connectivity index (χ0n) is 54.4. The van der Waals surface area contributed by atoms with Crippen molar-refractivity contribution in [3.63, 3.8) is 0 Å². The number of cyclic esters (lactones) is 1. The van der Waals surface area contributed by atoms with Crippen LogP contribution in [-0.4, -0.2) is 90.7 Å². The van der Waals surface area contributed by atoms with E-state index in [0.29, 0.717) is 103 Å². The topological polar surface area (TPSA) is 227 Å². The average Bonchev–Trinajstić information content (AvgIpc) is 1.72. The lowest BCUT2D eigenvalue weighted by Crippen LogP contribution is -2.58. The van der Waals surface area contributed by atoms with E-state index >= 15 is 0 Å². The van der Waals surface area contributed by atoms with Gasteiger partial charge in [-0.2, -0.15) is 0 Å². The first-order valence-electron chi connectivity index (χ1n) is 35.4. The Bertz CT molecular complexity index is 3270. The lowest BCUT2D eigenvalue weighted by atomic mass is 9.43. The second-order valence-corrected chi connectivity index (χ2v) is 32.0. The van der Waals surface area contributed by atoms with E-state index in [1.54, 1.807) is 17.6 Å². The Balaban J connectivity index is 0.668. The number of aliphatic hydroxyl groups excluding tert-OH is 4. The molecule has 6 N–H and O–H groups in total. The molecule has 15 nitrogen and oxygen atoms in total. The van der Waals surface area contributed by atoms with Gasteiger partial charge in [0.1, 0.15) is 12.6 Å². The van der Waals surface area contributed by atoms with Gasteiger partial charge in [0.25, 0.3) is 5.56 Å². The van der Waals surface area contributed by atoms with Crippen LogP contribution in [0.3, 0.4) is 0 Å². The number of rotatable bonds is 17. The van der Waals surface area contributed by atoms with Gasteiger partial charge in [0.05, 0.1) is 53.4 Å².